The first kappa shape index (κ1) is 30.4. The minimum atomic E-state index is -0.300. The van der Waals surface area contributed by atoms with E-state index in [0.29, 0.717) is 5.95 Å². The predicted molar refractivity (Wildman–Crippen MR) is 229 cm³/mol. The minimum absolute atomic E-state index is 0.300. The monoisotopic (exact) mass is 702 g/mol. The Morgan fingerprint density at radius 2 is 1.05 bits per heavy atom. The van der Waals surface area contributed by atoms with E-state index >= 15 is 0 Å². The van der Waals surface area contributed by atoms with Crippen molar-refractivity contribution >= 4 is 65.3 Å². The van der Waals surface area contributed by atoms with Crippen LogP contribution in [0.4, 0.5) is 0 Å². The molecule has 0 atom stereocenters. The Morgan fingerprint density at radius 1 is 0.455 bits per heavy atom. The second-order valence-electron chi connectivity index (χ2n) is 15.3. The summed E-state index contributed by atoms with van der Waals surface area (Å²) in [7, 11) is 0. The SMILES string of the molecule is CC1(C)c2ccccc2-n2c3ccccc3c3c4ccccc4c(-c4cccc5c4c4ccccc4n5-c4nc(-c5ccccc5)c5ccccc5n4)c1c32. The molecule has 0 spiro atoms. The predicted octanol–water partition coefficient (Wildman–Crippen LogP) is 13.0. The summed E-state index contributed by atoms with van der Waals surface area (Å²) in [5.74, 6) is 0.664. The molecule has 0 saturated heterocycles. The molecule has 0 bridgehead atoms. The van der Waals surface area contributed by atoms with Crippen molar-refractivity contribution in [1.82, 2.24) is 19.1 Å². The molecule has 0 aliphatic carbocycles. The third-order valence-corrected chi connectivity index (χ3v) is 12.1. The Morgan fingerprint density at radius 3 is 1.85 bits per heavy atom. The highest BCUT2D eigenvalue weighted by Gasteiger charge is 2.39. The van der Waals surface area contributed by atoms with Crippen LogP contribution in [-0.4, -0.2) is 19.1 Å². The van der Waals surface area contributed by atoms with Crippen molar-refractivity contribution in [2.75, 3.05) is 0 Å². The van der Waals surface area contributed by atoms with Gasteiger partial charge in [0.1, 0.15) is 0 Å². The molecule has 11 aromatic rings. The van der Waals surface area contributed by atoms with Gasteiger partial charge >= 0.3 is 0 Å². The quantitative estimate of drug-likeness (QED) is 0.184. The second-order valence-corrected chi connectivity index (χ2v) is 15.3. The molecule has 1 aliphatic heterocycles. The summed E-state index contributed by atoms with van der Waals surface area (Å²) in [6, 6.07) is 61.3. The van der Waals surface area contributed by atoms with E-state index in [0.717, 1.165) is 33.2 Å². The molecular weight excluding hydrogens is 669 g/mol. The van der Waals surface area contributed by atoms with Crippen molar-refractivity contribution in [2.24, 2.45) is 0 Å². The zero-order chi connectivity index (χ0) is 36.4. The zero-order valence-electron chi connectivity index (χ0n) is 30.5. The average Bonchev–Trinajstić information content (AvgIpc) is 3.76. The van der Waals surface area contributed by atoms with Crippen molar-refractivity contribution in [2.45, 2.75) is 19.3 Å². The molecule has 0 amide bonds. The van der Waals surface area contributed by atoms with E-state index in [9.17, 15) is 0 Å². The number of nitrogens with zero attached hydrogens (tertiary/aromatic N) is 4. The lowest BCUT2D eigenvalue weighted by molar-refractivity contribution is 0.633. The van der Waals surface area contributed by atoms with Gasteiger partial charge < -0.3 is 4.57 Å². The molecule has 12 rings (SSSR count). The van der Waals surface area contributed by atoms with Crippen LogP contribution in [0.15, 0.2) is 170 Å². The van der Waals surface area contributed by atoms with Gasteiger partial charge in [0.2, 0.25) is 5.95 Å². The van der Waals surface area contributed by atoms with Crippen LogP contribution < -0.4 is 0 Å². The van der Waals surface area contributed by atoms with Crippen molar-refractivity contribution in [1.29, 1.82) is 0 Å². The lowest BCUT2D eigenvalue weighted by Crippen LogP contribution is -2.27. The largest absolute Gasteiger partial charge is 0.309 e. The molecule has 258 valence electrons. The van der Waals surface area contributed by atoms with E-state index in [1.165, 1.54) is 71.3 Å². The lowest BCUT2D eigenvalue weighted by Gasteiger charge is -2.37. The van der Waals surface area contributed by atoms with Gasteiger partial charge in [-0.15, -0.1) is 0 Å². The number of hydrogen-bond donors (Lipinski definition) is 0. The van der Waals surface area contributed by atoms with Crippen LogP contribution in [0.3, 0.4) is 0 Å². The first-order valence-corrected chi connectivity index (χ1v) is 19.0. The van der Waals surface area contributed by atoms with Crippen LogP contribution in [0.1, 0.15) is 25.0 Å². The van der Waals surface area contributed by atoms with Crippen LogP contribution in [-0.2, 0) is 5.41 Å². The Balaban J connectivity index is 1.26. The Hall–Kier alpha value is -7.04. The molecule has 0 unspecified atom stereocenters. The molecule has 8 aromatic carbocycles. The summed E-state index contributed by atoms with van der Waals surface area (Å²) in [6.45, 7) is 4.83. The van der Waals surface area contributed by atoms with Crippen molar-refractivity contribution in [3.05, 3.63) is 181 Å². The molecule has 0 saturated carbocycles. The number of fused-ring (bicyclic) bond motifs is 11. The molecule has 4 nitrogen and oxygen atoms in total. The topological polar surface area (TPSA) is 35.6 Å². The summed E-state index contributed by atoms with van der Waals surface area (Å²) >= 11 is 0. The molecule has 3 aromatic heterocycles. The van der Waals surface area contributed by atoms with Gasteiger partial charge in [-0.05, 0) is 63.4 Å². The fraction of sp³-hybridized carbons (Fsp3) is 0.0588. The van der Waals surface area contributed by atoms with Gasteiger partial charge in [-0.2, -0.15) is 0 Å². The molecule has 55 heavy (non-hydrogen) atoms. The molecule has 4 heteroatoms. The molecular formula is C51H34N4. The fourth-order valence-electron chi connectivity index (χ4n) is 9.82. The average molecular weight is 703 g/mol. The van der Waals surface area contributed by atoms with E-state index in [-0.39, 0.29) is 5.41 Å². The number of benzene rings is 8. The summed E-state index contributed by atoms with van der Waals surface area (Å²) < 4.78 is 4.81. The van der Waals surface area contributed by atoms with Crippen LogP contribution >= 0.6 is 0 Å². The number of aromatic nitrogens is 4. The van der Waals surface area contributed by atoms with Gasteiger partial charge in [0.25, 0.3) is 0 Å². The van der Waals surface area contributed by atoms with Crippen molar-refractivity contribution in [3.8, 4) is 34.0 Å². The molecule has 4 heterocycles. The zero-order valence-corrected chi connectivity index (χ0v) is 30.5. The highest BCUT2D eigenvalue weighted by atomic mass is 15.2. The van der Waals surface area contributed by atoms with E-state index in [2.05, 4.69) is 193 Å². The third kappa shape index (κ3) is 4.00. The first-order valence-electron chi connectivity index (χ1n) is 19.0. The summed E-state index contributed by atoms with van der Waals surface area (Å²) in [4.78, 5) is 10.7. The van der Waals surface area contributed by atoms with Crippen LogP contribution in [0.5, 0.6) is 0 Å². The van der Waals surface area contributed by atoms with E-state index in [4.69, 9.17) is 9.97 Å². The van der Waals surface area contributed by atoms with E-state index in [1.807, 2.05) is 0 Å². The number of hydrogen-bond acceptors (Lipinski definition) is 2. The Kier molecular flexibility index (Phi) is 6.09. The van der Waals surface area contributed by atoms with Gasteiger partial charge in [-0.1, -0.05) is 153 Å². The smallest absolute Gasteiger partial charge is 0.235 e. The summed E-state index contributed by atoms with van der Waals surface area (Å²) in [6.07, 6.45) is 0. The van der Waals surface area contributed by atoms with Crippen LogP contribution in [0, 0.1) is 0 Å². The number of para-hydroxylation sites is 4. The fourth-order valence-corrected chi connectivity index (χ4v) is 9.82. The minimum Gasteiger partial charge on any atom is -0.309 e. The number of rotatable bonds is 3. The van der Waals surface area contributed by atoms with Gasteiger partial charge in [-0.25, -0.2) is 9.97 Å². The van der Waals surface area contributed by atoms with Crippen LogP contribution in [0.25, 0.3) is 99.3 Å². The second kappa shape index (κ2) is 11.0. The van der Waals surface area contributed by atoms with Crippen LogP contribution in [0.2, 0.25) is 0 Å². The molecule has 1 aliphatic rings. The van der Waals surface area contributed by atoms with Crippen molar-refractivity contribution < 1.29 is 0 Å². The maximum absolute atomic E-state index is 5.38. The molecule has 0 fully saturated rings. The Labute approximate surface area is 317 Å². The van der Waals surface area contributed by atoms with Crippen molar-refractivity contribution in [3.63, 3.8) is 0 Å². The Bertz CT molecular complexity index is 3400. The van der Waals surface area contributed by atoms with E-state index < -0.39 is 0 Å². The molecule has 0 radical (unpaired) electrons. The standard InChI is InChI=1S/C51H34N4/c1-51(2)38-25-11-15-29-42(38)54-40-27-13-10-23-36(40)46-33-20-7-6-19-32(33)45(47(51)49(46)54)37-24-16-30-43-44(37)35-22-9-14-28-41(35)55(43)50-52-39-26-12-8-21-34(39)48(53-50)31-17-4-3-5-18-31/h3-30H,1-2H3. The van der Waals surface area contributed by atoms with E-state index in [1.54, 1.807) is 0 Å². The maximum Gasteiger partial charge on any atom is 0.235 e. The normalized spacial score (nSPS) is 13.4. The molecule has 0 N–H and O–H groups in total. The summed E-state index contributed by atoms with van der Waals surface area (Å²) in [5, 5.41) is 8.55. The summed E-state index contributed by atoms with van der Waals surface area (Å²) in [5.41, 5.74) is 13.7. The maximum atomic E-state index is 5.38. The lowest BCUT2D eigenvalue weighted by atomic mass is 9.70. The van der Waals surface area contributed by atoms with Gasteiger partial charge in [-0.3, -0.25) is 4.57 Å². The highest BCUT2D eigenvalue weighted by Crippen LogP contribution is 2.55. The highest BCUT2D eigenvalue weighted by molar-refractivity contribution is 6.28. The van der Waals surface area contributed by atoms with Gasteiger partial charge in [0, 0.05) is 37.9 Å². The van der Waals surface area contributed by atoms with Gasteiger partial charge in [0.15, 0.2) is 0 Å². The van der Waals surface area contributed by atoms with Gasteiger partial charge in [0.05, 0.1) is 39.0 Å². The third-order valence-electron chi connectivity index (χ3n) is 12.1. The first-order chi connectivity index (χ1) is 27.1.